The summed E-state index contributed by atoms with van der Waals surface area (Å²) in [4.78, 5) is 35.7. The van der Waals surface area contributed by atoms with Crippen LogP contribution in [0.15, 0.2) is 72.9 Å². The SMILES string of the molecule is CC/C=C\C/C=C\C/C=C\C/C=C\CCCCCCCCCCCCC(=O)OC(COC(=O)CCCCCCCCCCCCCCC/C=C\C/C=C\CCCCCCC)COP(=O)(O)OCC[N+](C)(C)C. The van der Waals surface area contributed by atoms with E-state index in [9.17, 15) is 19.0 Å². The van der Waals surface area contributed by atoms with Crippen LogP contribution >= 0.6 is 7.82 Å². The first-order valence-corrected chi connectivity index (χ1v) is 31.2. The normalized spacial score (nSPS) is 13.8. The van der Waals surface area contributed by atoms with E-state index in [1.54, 1.807) is 0 Å². The van der Waals surface area contributed by atoms with Crippen molar-refractivity contribution in [3.63, 3.8) is 0 Å². The van der Waals surface area contributed by atoms with Crippen LogP contribution in [0.3, 0.4) is 0 Å². The number of phosphoric acid groups is 1. The maximum Gasteiger partial charge on any atom is 0.472 e. The molecule has 0 aromatic heterocycles. The summed E-state index contributed by atoms with van der Waals surface area (Å²) in [5.74, 6) is -0.799. The Bertz CT molecular complexity index is 1450. The second-order valence-electron chi connectivity index (χ2n) is 21.0. The van der Waals surface area contributed by atoms with E-state index in [4.69, 9.17) is 18.5 Å². The minimum atomic E-state index is -4.39. The van der Waals surface area contributed by atoms with E-state index in [0.717, 1.165) is 77.0 Å². The number of allylic oxidation sites excluding steroid dienone is 12. The van der Waals surface area contributed by atoms with Gasteiger partial charge in [0.05, 0.1) is 27.7 Å². The van der Waals surface area contributed by atoms with Crippen molar-refractivity contribution in [3.05, 3.63) is 72.9 Å². The molecule has 2 unspecified atom stereocenters. The Morgan fingerprint density at radius 3 is 1.18 bits per heavy atom. The van der Waals surface area contributed by atoms with E-state index in [0.29, 0.717) is 17.4 Å². The molecular weight excluding hydrogens is 918 g/mol. The molecule has 0 radical (unpaired) electrons. The molecule has 2 atom stereocenters. The number of ether oxygens (including phenoxy) is 2. The monoisotopic (exact) mass is 1030 g/mol. The first-order valence-electron chi connectivity index (χ1n) is 29.7. The number of rotatable bonds is 54. The summed E-state index contributed by atoms with van der Waals surface area (Å²) in [5.41, 5.74) is 0. The highest BCUT2D eigenvalue weighted by atomic mass is 31.2. The maximum atomic E-state index is 12.8. The predicted octanol–water partition coefficient (Wildman–Crippen LogP) is 18.5. The van der Waals surface area contributed by atoms with Gasteiger partial charge >= 0.3 is 19.8 Å². The third-order valence-corrected chi connectivity index (χ3v) is 13.7. The van der Waals surface area contributed by atoms with Gasteiger partial charge in [-0.25, -0.2) is 4.57 Å². The van der Waals surface area contributed by atoms with E-state index in [1.165, 1.54) is 148 Å². The first kappa shape index (κ1) is 69.5. The van der Waals surface area contributed by atoms with Gasteiger partial charge in [0.25, 0.3) is 0 Å². The molecule has 0 fully saturated rings. The van der Waals surface area contributed by atoms with Crippen molar-refractivity contribution in [2.45, 2.75) is 264 Å². The van der Waals surface area contributed by atoms with Crippen LogP contribution in [0, 0.1) is 0 Å². The molecule has 1 N–H and O–H groups in total. The van der Waals surface area contributed by atoms with Crippen molar-refractivity contribution in [1.82, 2.24) is 0 Å². The lowest BCUT2D eigenvalue weighted by Crippen LogP contribution is -2.37. The Labute approximate surface area is 444 Å². The van der Waals surface area contributed by atoms with Gasteiger partial charge in [0.2, 0.25) is 0 Å². The number of carbonyl (C=O) groups is 2. The molecule has 0 heterocycles. The summed E-state index contributed by atoms with van der Waals surface area (Å²) < 4.78 is 34.6. The number of hydrogen-bond acceptors (Lipinski definition) is 7. The lowest BCUT2D eigenvalue weighted by molar-refractivity contribution is -0.870. The minimum Gasteiger partial charge on any atom is -0.462 e. The lowest BCUT2D eigenvalue weighted by atomic mass is 10.0. The molecule has 0 aliphatic heterocycles. The van der Waals surface area contributed by atoms with Gasteiger partial charge in [-0.15, -0.1) is 0 Å². The van der Waals surface area contributed by atoms with Crippen LogP contribution in [0.4, 0.5) is 0 Å². The van der Waals surface area contributed by atoms with Crippen LogP contribution in [0.2, 0.25) is 0 Å². The number of phosphoric ester groups is 1. The zero-order valence-electron chi connectivity index (χ0n) is 47.4. The van der Waals surface area contributed by atoms with Crippen LogP contribution in [-0.4, -0.2) is 74.9 Å². The maximum absolute atomic E-state index is 12.8. The Kier molecular flexibility index (Phi) is 51.4. The van der Waals surface area contributed by atoms with Crippen molar-refractivity contribution >= 4 is 19.8 Å². The van der Waals surface area contributed by atoms with Gasteiger partial charge < -0.3 is 18.9 Å². The topological polar surface area (TPSA) is 108 Å². The smallest absolute Gasteiger partial charge is 0.462 e. The molecule has 72 heavy (non-hydrogen) atoms. The van der Waals surface area contributed by atoms with Gasteiger partial charge in [-0.2, -0.15) is 0 Å². The van der Waals surface area contributed by atoms with Crippen molar-refractivity contribution in [3.8, 4) is 0 Å². The summed E-state index contributed by atoms with van der Waals surface area (Å²) in [6.45, 7) is 4.33. The number of unbranched alkanes of at least 4 members (excludes halogenated alkanes) is 28. The molecule has 0 amide bonds. The number of carbonyl (C=O) groups excluding carboxylic acids is 2. The number of hydrogen-bond donors (Lipinski definition) is 1. The largest absolute Gasteiger partial charge is 0.472 e. The van der Waals surface area contributed by atoms with Crippen molar-refractivity contribution in [2.75, 3.05) is 47.5 Å². The second-order valence-corrected chi connectivity index (χ2v) is 22.5. The molecule has 9 nitrogen and oxygen atoms in total. The Morgan fingerprint density at radius 2 is 0.792 bits per heavy atom. The number of nitrogens with zero attached hydrogens (tertiary/aromatic N) is 1. The highest BCUT2D eigenvalue weighted by Gasteiger charge is 2.27. The number of quaternary nitrogens is 1. The summed E-state index contributed by atoms with van der Waals surface area (Å²) in [7, 11) is 1.47. The molecule has 0 bridgehead atoms. The van der Waals surface area contributed by atoms with Crippen LogP contribution in [0.5, 0.6) is 0 Å². The standard InChI is InChI=1S/C62H112NO8P/c1-6-8-10-12-14-16-18-20-22-24-26-28-30-31-33-34-36-38-40-42-44-46-48-50-52-54-61(64)68-58-60(59-70-72(66,67)69-57-56-63(3,4)5)71-62(65)55-53-51-49-47-45-43-41-39-37-35-32-29-27-25-23-21-19-17-15-13-11-9-7-2/h9,11,15,17-18,20-21,23-24,26-27,29,60H,6-8,10,12-14,16,19,22,25,28,30-59H2,1-5H3/p+1/b11-9-,17-15-,20-18-,23-21-,26-24-,29-27-. The molecule has 418 valence electrons. The van der Waals surface area contributed by atoms with Gasteiger partial charge in [-0.05, 0) is 83.5 Å². The third kappa shape index (κ3) is 56.7. The zero-order valence-corrected chi connectivity index (χ0v) is 48.3. The van der Waals surface area contributed by atoms with Gasteiger partial charge in [-0.3, -0.25) is 18.6 Å². The molecule has 0 saturated heterocycles. The molecule has 0 aliphatic rings. The van der Waals surface area contributed by atoms with E-state index >= 15 is 0 Å². The highest BCUT2D eigenvalue weighted by molar-refractivity contribution is 7.47. The summed E-state index contributed by atoms with van der Waals surface area (Å²) in [6, 6.07) is 0. The number of esters is 2. The van der Waals surface area contributed by atoms with Gasteiger partial charge in [-0.1, -0.05) is 234 Å². The molecule has 10 heteroatoms. The second kappa shape index (κ2) is 53.3. The van der Waals surface area contributed by atoms with E-state index < -0.39 is 26.5 Å². The third-order valence-electron chi connectivity index (χ3n) is 12.7. The predicted molar refractivity (Wildman–Crippen MR) is 307 cm³/mol. The quantitative estimate of drug-likeness (QED) is 0.0211. The lowest BCUT2D eigenvalue weighted by Gasteiger charge is -2.24. The molecule has 0 spiro atoms. The minimum absolute atomic E-state index is 0.0286. The fourth-order valence-corrected chi connectivity index (χ4v) is 8.90. The van der Waals surface area contributed by atoms with Crippen LogP contribution < -0.4 is 0 Å². The summed E-state index contributed by atoms with van der Waals surface area (Å²) in [6.07, 6.45) is 69.6. The molecule has 0 aliphatic carbocycles. The fourth-order valence-electron chi connectivity index (χ4n) is 8.16. The van der Waals surface area contributed by atoms with Crippen LogP contribution in [0.1, 0.15) is 258 Å². The zero-order chi connectivity index (χ0) is 52.7. The van der Waals surface area contributed by atoms with Crippen molar-refractivity contribution < 1.29 is 42.1 Å². The van der Waals surface area contributed by atoms with Crippen molar-refractivity contribution in [1.29, 1.82) is 0 Å². The van der Waals surface area contributed by atoms with Gasteiger partial charge in [0.1, 0.15) is 19.8 Å². The summed E-state index contributed by atoms with van der Waals surface area (Å²) in [5, 5.41) is 0. The fraction of sp³-hybridized carbons (Fsp3) is 0.774. The highest BCUT2D eigenvalue weighted by Crippen LogP contribution is 2.43. The van der Waals surface area contributed by atoms with Crippen LogP contribution in [0.25, 0.3) is 0 Å². The van der Waals surface area contributed by atoms with E-state index in [2.05, 4.69) is 86.8 Å². The molecule has 0 aromatic rings. The van der Waals surface area contributed by atoms with Crippen LogP contribution in [-0.2, 0) is 32.7 Å². The Hall–Kier alpha value is -2.55. The Morgan fingerprint density at radius 1 is 0.444 bits per heavy atom. The number of likely N-dealkylation sites (N-methyl/N-ethyl adjacent to an activating group) is 1. The summed E-state index contributed by atoms with van der Waals surface area (Å²) >= 11 is 0. The van der Waals surface area contributed by atoms with Gasteiger partial charge in [0, 0.05) is 12.8 Å². The van der Waals surface area contributed by atoms with E-state index in [1.807, 2.05) is 21.1 Å². The first-order chi connectivity index (χ1) is 35.0. The average molecular weight is 1030 g/mol. The molecule has 0 saturated carbocycles. The Balaban J connectivity index is 4.16. The van der Waals surface area contributed by atoms with Gasteiger partial charge in [0.15, 0.2) is 6.10 Å². The molecule has 0 aromatic carbocycles. The average Bonchev–Trinajstić information content (AvgIpc) is 3.34. The van der Waals surface area contributed by atoms with Crippen molar-refractivity contribution in [2.24, 2.45) is 0 Å². The van der Waals surface area contributed by atoms with E-state index in [-0.39, 0.29) is 32.0 Å². The molecular formula is C62H113NO8P+. The molecule has 0 rings (SSSR count).